The first-order chi connectivity index (χ1) is 4.63. The molecule has 55 valence electrons. The number of carbonyl (C=O) groups excluding carboxylic acids is 1. The molecule has 0 aromatic carbocycles. The maximum absolute atomic E-state index is 9.95. The van der Waals surface area contributed by atoms with E-state index in [1.807, 2.05) is 0 Å². The second kappa shape index (κ2) is 4.87. The fraction of sp³-hybridized carbons (Fsp3) is 0.200. The highest BCUT2D eigenvalue weighted by Crippen LogP contribution is 1.99. The Bertz CT molecular complexity index is 166. The normalized spacial score (nSPS) is 10.0. The molecule has 10 heavy (non-hydrogen) atoms. The Morgan fingerprint density at radius 3 is 2.60 bits per heavy atom. The van der Waals surface area contributed by atoms with Crippen molar-refractivity contribution in [2.45, 2.75) is 0 Å². The van der Waals surface area contributed by atoms with Gasteiger partial charge in [0.05, 0.1) is 5.75 Å². The molecule has 5 heteroatoms. The molecule has 0 fully saturated rings. The third-order valence-electron chi connectivity index (χ3n) is 0.521. The summed E-state index contributed by atoms with van der Waals surface area (Å²) in [6.45, 7) is 0. The second-order valence-corrected chi connectivity index (χ2v) is 2.27. The zero-order valence-corrected chi connectivity index (χ0v) is 5.85. The third-order valence-corrected chi connectivity index (χ3v) is 1.28. The molecule has 0 aliphatic carbocycles. The van der Waals surface area contributed by atoms with E-state index in [1.54, 1.807) is 0 Å². The number of thioether (sulfide) groups is 1. The molecule has 0 heterocycles. The lowest BCUT2D eigenvalue weighted by Crippen LogP contribution is -1.99. The molecule has 0 unspecified atom stereocenters. The van der Waals surface area contributed by atoms with Gasteiger partial charge in [0.2, 0.25) is 5.91 Å². The maximum Gasteiger partial charge on any atom is 0.328 e. The van der Waals surface area contributed by atoms with Gasteiger partial charge in [-0.3, -0.25) is 10.5 Å². The number of aliphatic carboxylic acids is 1. The molecule has 1 amide bonds. The summed E-state index contributed by atoms with van der Waals surface area (Å²) in [6.07, 6.45) is 0.924. The van der Waals surface area contributed by atoms with Crippen LogP contribution in [0.25, 0.3) is 0 Å². The standard InChI is InChI=1S/C5H6NO3S/c6-4(7)3-10-2-1-5(8)9/h1-2,6H,3H2,(H,8,9)/b2-1+. The molecule has 0 spiro atoms. The monoisotopic (exact) mass is 160 g/mol. The van der Waals surface area contributed by atoms with Crippen molar-refractivity contribution in [2.24, 2.45) is 0 Å². The van der Waals surface area contributed by atoms with E-state index in [-0.39, 0.29) is 5.75 Å². The zero-order valence-electron chi connectivity index (χ0n) is 5.03. The van der Waals surface area contributed by atoms with Crippen molar-refractivity contribution in [3.8, 4) is 0 Å². The Labute approximate surface area is 62.1 Å². The minimum absolute atomic E-state index is 0.00375. The van der Waals surface area contributed by atoms with Crippen molar-refractivity contribution < 1.29 is 14.7 Å². The molecule has 0 bridgehead atoms. The Morgan fingerprint density at radius 1 is 1.60 bits per heavy atom. The van der Waals surface area contributed by atoms with Crippen LogP contribution in [-0.4, -0.2) is 22.7 Å². The van der Waals surface area contributed by atoms with Gasteiger partial charge >= 0.3 is 5.97 Å². The van der Waals surface area contributed by atoms with Gasteiger partial charge in [-0.25, -0.2) is 4.79 Å². The van der Waals surface area contributed by atoms with E-state index in [2.05, 4.69) is 0 Å². The summed E-state index contributed by atoms with van der Waals surface area (Å²) in [4.78, 5) is 19.8. The van der Waals surface area contributed by atoms with Crippen LogP contribution in [0.5, 0.6) is 0 Å². The van der Waals surface area contributed by atoms with E-state index < -0.39 is 11.9 Å². The molecule has 0 aliphatic rings. The van der Waals surface area contributed by atoms with Gasteiger partial charge in [-0.05, 0) is 5.41 Å². The molecule has 4 nitrogen and oxygen atoms in total. The Balaban J connectivity index is 3.36. The summed E-state index contributed by atoms with van der Waals surface area (Å²) in [5, 5.41) is 9.32. The highest BCUT2D eigenvalue weighted by Gasteiger charge is 1.91. The van der Waals surface area contributed by atoms with Gasteiger partial charge in [-0.15, -0.1) is 11.8 Å². The summed E-state index contributed by atoms with van der Waals surface area (Å²) in [5.41, 5.74) is 6.42. The number of hydrogen-bond acceptors (Lipinski definition) is 3. The fourth-order valence-electron chi connectivity index (χ4n) is 0.230. The van der Waals surface area contributed by atoms with Gasteiger partial charge in [-0.2, -0.15) is 0 Å². The molecule has 0 aliphatic heterocycles. The molecular formula is C5H6NO3S. The van der Waals surface area contributed by atoms with Crippen molar-refractivity contribution >= 4 is 23.6 Å². The number of carboxylic acids is 1. The number of hydrogen-bond donors (Lipinski definition) is 1. The van der Waals surface area contributed by atoms with Crippen molar-refractivity contribution in [1.29, 1.82) is 0 Å². The predicted molar refractivity (Wildman–Crippen MR) is 37.3 cm³/mol. The van der Waals surface area contributed by atoms with Gasteiger partial charge in [0.1, 0.15) is 0 Å². The maximum atomic E-state index is 9.95. The van der Waals surface area contributed by atoms with Crippen LogP contribution in [-0.2, 0) is 9.59 Å². The molecular weight excluding hydrogens is 154 g/mol. The van der Waals surface area contributed by atoms with E-state index in [0.717, 1.165) is 17.8 Å². The first-order valence-electron chi connectivity index (χ1n) is 2.38. The molecule has 0 aromatic rings. The average Bonchev–Trinajstić information content (AvgIpc) is 1.79. The van der Waals surface area contributed by atoms with Gasteiger partial charge in [0.15, 0.2) is 0 Å². The molecule has 0 atom stereocenters. The summed E-state index contributed by atoms with van der Waals surface area (Å²) in [6, 6.07) is 0. The van der Waals surface area contributed by atoms with E-state index >= 15 is 0 Å². The Hall–Kier alpha value is -0.970. The minimum atomic E-state index is -1.05. The van der Waals surface area contributed by atoms with Gasteiger partial charge < -0.3 is 5.11 Å². The molecule has 0 saturated heterocycles. The van der Waals surface area contributed by atoms with Crippen molar-refractivity contribution in [1.82, 2.24) is 5.73 Å². The number of amides is 1. The van der Waals surface area contributed by atoms with Crippen molar-refractivity contribution in [2.75, 3.05) is 5.75 Å². The van der Waals surface area contributed by atoms with E-state index in [1.165, 1.54) is 5.41 Å². The number of rotatable bonds is 4. The lowest BCUT2D eigenvalue weighted by atomic mass is 10.7. The number of nitrogens with one attached hydrogen (secondary N) is 1. The quantitative estimate of drug-likeness (QED) is 0.593. The van der Waals surface area contributed by atoms with Crippen molar-refractivity contribution in [3.63, 3.8) is 0 Å². The van der Waals surface area contributed by atoms with Crippen LogP contribution in [0.4, 0.5) is 0 Å². The first kappa shape index (κ1) is 9.03. The van der Waals surface area contributed by atoms with Crippen molar-refractivity contribution in [3.05, 3.63) is 11.5 Å². The van der Waals surface area contributed by atoms with Crippen LogP contribution in [0.2, 0.25) is 0 Å². The van der Waals surface area contributed by atoms with Crippen LogP contribution >= 0.6 is 11.8 Å². The lowest BCUT2D eigenvalue weighted by molar-refractivity contribution is -0.131. The van der Waals surface area contributed by atoms with Crippen LogP contribution in [0.15, 0.2) is 11.5 Å². The smallest absolute Gasteiger partial charge is 0.328 e. The molecule has 1 radical (unpaired) electrons. The zero-order chi connectivity index (χ0) is 7.98. The van der Waals surface area contributed by atoms with Crippen LogP contribution < -0.4 is 5.73 Å². The molecule has 0 aromatic heterocycles. The topological polar surface area (TPSA) is 78.2 Å². The van der Waals surface area contributed by atoms with Crippen LogP contribution in [0, 0.1) is 0 Å². The first-order valence-corrected chi connectivity index (χ1v) is 3.43. The highest BCUT2D eigenvalue weighted by molar-refractivity contribution is 8.02. The third kappa shape index (κ3) is 7.03. The Morgan fingerprint density at radius 2 is 2.20 bits per heavy atom. The SMILES string of the molecule is [NH]C(=O)CS/C=C/C(=O)O. The molecule has 0 rings (SSSR count). The number of carbonyl (C=O) groups is 2. The largest absolute Gasteiger partial charge is 0.478 e. The molecule has 2 N–H and O–H groups in total. The minimum Gasteiger partial charge on any atom is -0.478 e. The lowest BCUT2D eigenvalue weighted by Gasteiger charge is -1.84. The molecule has 0 saturated carbocycles. The van der Waals surface area contributed by atoms with E-state index in [4.69, 9.17) is 10.8 Å². The van der Waals surface area contributed by atoms with E-state index in [9.17, 15) is 9.59 Å². The summed E-state index contributed by atoms with van der Waals surface area (Å²) >= 11 is 0.991. The summed E-state index contributed by atoms with van der Waals surface area (Å²) in [7, 11) is 0. The number of carboxylic acid groups (broad SMARTS) is 1. The fourth-order valence-corrected chi connectivity index (χ4v) is 0.690. The van der Waals surface area contributed by atoms with Crippen LogP contribution in [0.3, 0.4) is 0 Å². The summed E-state index contributed by atoms with van der Waals surface area (Å²) in [5.74, 6) is -1.76. The Kier molecular flexibility index (Phi) is 4.39. The van der Waals surface area contributed by atoms with Crippen LogP contribution in [0.1, 0.15) is 0 Å². The predicted octanol–water partition coefficient (Wildman–Crippen LogP) is 0.127. The van der Waals surface area contributed by atoms with Gasteiger partial charge in [0.25, 0.3) is 0 Å². The highest BCUT2D eigenvalue weighted by atomic mass is 32.2. The van der Waals surface area contributed by atoms with Gasteiger partial charge in [-0.1, -0.05) is 0 Å². The van der Waals surface area contributed by atoms with Gasteiger partial charge in [0, 0.05) is 6.08 Å². The second-order valence-electron chi connectivity index (χ2n) is 1.38. The summed E-state index contributed by atoms with van der Waals surface area (Å²) < 4.78 is 0. The average molecular weight is 160 g/mol. The van der Waals surface area contributed by atoms with E-state index in [0.29, 0.717) is 0 Å².